The van der Waals surface area contributed by atoms with Crippen LogP contribution in [0.3, 0.4) is 0 Å². The summed E-state index contributed by atoms with van der Waals surface area (Å²) >= 11 is 0. The van der Waals surface area contributed by atoms with E-state index in [0.717, 1.165) is 13.1 Å². The number of likely N-dealkylation sites (N-methyl/N-ethyl adjacent to an activating group) is 1. The predicted octanol–water partition coefficient (Wildman–Crippen LogP) is 1.68. The first-order valence-corrected chi connectivity index (χ1v) is 6.87. The highest BCUT2D eigenvalue weighted by atomic mass is 16.4. The second-order valence-electron chi connectivity index (χ2n) is 5.03. The Balaban J connectivity index is 0.000000254. The lowest BCUT2D eigenvalue weighted by Crippen LogP contribution is -2.35. The van der Waals surface area contributed by atoms with Crippen molar-refractivity contribution in [3.05, 3.63) is 59.9 Å². The van der Waals surface area contributed by atoms with Crippen molar-refractivity contribution in [1.29, 1.82) is 0 Å². The normalized spacial score (nSPS) is 17.0. The molecule has 1 aliphatic heterocycles. The molecule has 22 heavy (non-hydrogen) atoms. The zero-order valence-electron chi connectivity index (χ0n) is 12.2. The van der Waals surface area contributed by atoms with Crippen LogP contribution in [-0.4, -0.2) is 45.2 Å². The molecule has 1 aliphatic rings. The fraction of sp³-hybridized carbons (Fsp3) is 0.250. The summed E-state index contributed by atoms with van der Waals surface area (Å²) in [5.74, 6) is -3.65. The summed E-state index contributed by atoms with van der Waals surface area (Å²) in [5.41, 5.74) is 2.78. The maximum absolute atomic E-state index is 9.10. The summed E-state index contributed by atoms with van der Waals surface area (Å²) < 4.78 is 2.36. The molecule has 3 rings (SSSR count). The first kappa shape index (κ1) is 15.8. The average Bonchev–Trinajstić information content (AvgIpc) is 2.97. The lowest BCUT2D eigenvalue weighted by atomic mass is 10.0. The van der Waals surface area contributed by atoms with E-state index in [-0.39, 0.29) is 0 Å². The first-order valence-electron chi connectivity index (χ1n) is 6.87. The SMILES string of the molecule is CN1CCn2cccc2C1c1ccccc1.O=C(O)C(=O)O. The highest BCUT2D eigenvalue weighted by Gasteiger charge is 2.25. The molecule has 116 valence electrons. The van der Waals surface area contributed by atoms with E-state index in [0.29, 0.717) is 6.04 Å². The van der Waals surface area contributed by atoms with Crippen molar-refractivity contribution < 1.29 is 19.8 Å². The number of hydrogen-bond donors (Lipinski definition) is 2. The third-order valence-corrected chi connectivity index (χ3v) is 3.58. The standard InChI is InChI=1S/C14H16N2.C2H2O4/c1-15-10-11-16-9-5-8-13(16)14(15)12-6-3-2-4-7-12;3-1(4)2(5)6/h2-9,14H,10-11H2,1H3;(H,3,4)(H,5,6). The Morgan fingerprint density at radius 2 is 1.64 bits per heavy atom. The van der Waals surface area contributed by atoms with Gasteiger partial charge in [-0.05, 0) is 24.7 Å². The van der Waals surface area contributed by atoms with Crippen LogP contribution in [0.1, 0.15) is 17.3 Å². The van der Waals surface area contributed by atoms with Crippen molar-refractivity contribution in [3.63, 3.8) is 0 Å². The number of aliphatic carboxylic acids is 2. The van der Waals surface area contributed by atoms with Crippen LogP contribution in [0.25, 0.3) is 0 Å². The molecule has 2 aromatic rings. The second-order valence-corrected chi connectivity index (χ2v) is 5.03. The molecule has 1 atom stereocenters. The van der Waals surface area contributed by atoms with Gasteiger partial charge in [0.1, 0.15) is 0 Å². The molecule has 0 radical (unpaired) electrons. The minimum atomic E-state index is -1.82. The Hall–Kier alpha value is -2.60. The minimum Gasteiger partial charge on any atom is -0.473 e. The number of fused-ring (bicyclic) bond motifs is 1. The molecule has 0 amide bonds. The van der Waals surface area contributed by atoms with Gasteiger partial charge in [0.2, 0.25) is 0 Å². The Kier molecular flexibility index (Phi) is 4.95. The van der Waals surface area contributed by atoms with E-state index in [1.807, 2.05) is 0 Å². The van der Waals surface area contributed by atoms with E-state index >= 15 is 0 Å². The van der Waals surface area contributed by atoms with Crippen LogP contribution >= 0.6 is 0 Å². The highest BCUT2D eigenvalue weighted by molar-refractivity contribution is 6.27. The smallest absolute Gasteiger partial charge is 0.414 e. The van der Waals surface area contributed by atoms with Crippen molar-refractivity contribution in [3.8, 4) is 0 Å². The van der Waals surface area contributed by atoms with Gasteiger partial charge in [0.05, 0.1) is 6.04 Å². The van der Waals surface area contributed by atoms with Gasteiger partial charge in [-0.2, -0.15) is 0 Å². The van der Waals surface area contributed by atoms with Crippen molar-refractivity contribution in [2.75, 3.05) is 13.6 Å². The molecule has 1 aromatic carbocycles. The average molecular weight is 302 g/mol. The number of carbonyl (C=O) groups is 2. The minimum absolute atomic E-state index is 0.407. The topological polar surface area (TPSA) is 82.8 Å². The number of aromatic nitrogens is 1. The van der Waals surface area contributed by atoms with E-state index in [2.05, 4.69) is 65.2 Å². The third kappa shape index (κ3) is 3.53. The summed E-state index contributed by atoms with van der Waals surface area (Å²) in [6, 6.07) is 15.5. The maximum atomic E-state index is 9.10. The molecule has 6 heteroatoms. The van der Waals surface area contributed by atoms with Gasteiger partial charge < -0.3 is 14.8 Å². The molecule has 0 saturated carbocycles. The number of carboxylic acids is 2. The van der Waals surface area contributed by atoms with Gasteiger partial charge in [-0.25, -0.2) is 9.59 Å². The van der Waals surface area contributed by atoms with Crippen molar-refractivity contribution in [1.82, 2.24) is 9.47 Å². The molecule has 1 unspecified atom stereocenters. The first-order chi connectivity index (χ1) is 10.5. The van der Waals surface area contributed by atoms with Gasteiger partial charge in [-0.15, -0.1) is 0 Å². The summed E-state index contributed by atoms with van der Waals surface area (Å²) in [6.07, 6.45) is 2.18. The fourth-order valence-electron chi connectivity index (χ4n) is 2.56. The van der Waals surface area contributed by atoms with E-state index < -0.39 is 11.9 Å². The third-order valence-electron chi connectivity index (χ3n) is 3.58. The Morgan fingerprint density at radius 1 is 1.00 bits per heavy atom. The van der Waals surface area contributed by atoms with Crippen molar-refractivity contribution in [2.24, 2.45) is 0 Å². The molecule has 2 heterocycles. The number of hydrogen-bond acceptors (Lipinski definition) is 3. The molecule has 6 nitrogen and oxygen atoms in total. The molecule has 0 saturated heterocycles. The second kappa shape index (κ2) is 6.91. The number of rotatable bonds is 1. The zero-order valence-corrected chi connectivity index (χ0v) is 12.2. The summed E-state index contributed by atoms with van der Waals surface area (Å²) in [7, 11) is 2.20. The molecule has 0 fully saturated rings. The van der Waals surface area contributed by atoms with Crippen LogP contribution in [0.5, 0.6) is 0 Å². The van der Waals surface area contributed by atoms with E-state index in [9.17, 15) is 0 Å². The van der Waals surface area contributed by atoms with Crippen molar-refractivity contribution in [2.45, 2.75) is 12.6 Å². The van der Waals surface area contributed by atoms with Crippen LogP contribution in [0, 0.1) is 0 Å². The van der Waals surface area contributed by atoms with Crippen LogP contribution in [-0.2, 0) is 16.1 Å². The Bertz CT molecular complexity index is 639. The van der Waals surface area contributed by atoms with Gasteiger partial charge in [0, 0.05) is 25.0 Å². The van der Waals surface area contributed by atoms with Gasteiger partial charge in [-0.3, -0.25) is 4.90 Å². The Labute approximate surface area is 128 Å². The molecule has 0 bridgehead atoms. The number of benzene rings is 1. The van der Waals surface area contributed by atoms with Crippen LogP contribution in [0.15, 0.2) is 48.7 Å². The molecular formula is C16H18N2O4. The predicted molar refractivity (Wildman–Crippen MR) is 80.6 cm³/mol. The van der Waals surface area contributed by atoms with Gasteiger partial charge in [-0.1, -0.05) is 30.3 Å². The van der Waals surface area contributed by atoms with Crippen LogP contribution in [0.4, 0.5) is 0 Å². The van der Waals surface area contributed by atoms with Gasteiger partial charge >= 0.3 is 11.9 Å². The lowest BCUT2D eigenvalue weighted by Gasteiger charge is -2.34. The lowest BCUT2D eigenvalue weighted by molar-refractivity contribution is -0.159. The molecular weight excluding hydrogens is 284 g/mol. The van der Waals surface area contributed by atoms with Gasteiger partial charge in [0.25, 0.3) is 0 Å². The molecule has 0 spiro atoms. The summed E-state index contributed by atoms with van der Waals surface area (Å²) in [5, 5.41) is 14.8. The van der Waals surface area contributed by atoms with Crippen molar-refractivity contribution >= 4 is 11.9 Å². The van der Waals surface area contributed by atoms with E-state index in [1.54, 1.807) is 0 Å². The fourth-order valence-corrected chi connectivity index (χ4v) is 2.56. The zero-order chi connectivity index (χ0) is 16.1. The largest absolute Gasteiger partial charge is 0.473 e. The Morgan fingerprint density at radius 3 is 2.23 bits per heavy atom. The van der Waals surface area contributed by atoms with Crippen LogP contribution in [0.2, 0.25) is 0 Å². The molecule has 1 aromatic heterocycles. The molecule has 2 N–H and O–H groups in total. The van der Waals surface area contributed by atoms with E-state index in [4.69, 9.17) is 19.8 Å². The number of nitrogens with zero attached hydrogens (tertiary/aromatic N) is 2. The van der Waals surface area contributed by atoms with Gasteiger partial charge in [0.15, 0.2) is 0 Å². The quantitative estimate of drug-likeness (QED) is 0.783. The molecule has 0 aliphatic carbocycles. The highest BCUT2D eigenvalue weighted by Crippen LogP contribution is 2.30. The monoisotopic (exact) mass is 302 g/mol. The summed E-state index contributed by atoms with van der Waals surface area (Å²) in [6.45, 7) is 2.21. The van der Waals surface area contributed by atoms with Crippen LogP contribution < -0.4 is 0 Å². The summed E-state index contributed by atoms with van der Waals surface area (Å²) in [4.78, 5) is 20.6. The number of carboxylic acid groups (broad SMARTS) is 2. The maximum Gasteiger partial charge on any atom is 0.414 e. The van der Waals surface area contributed by atoms with E-state index in [1.165, 1.54) is 11.3 Å².